The highest BCUT2D eigenvalue weighted by Crippen LogP contribution is 2.29. The number of amides is 1. The molecule has 1 atom stereocenters. The van der Waals surface area contributed by atoms with Crippen LogP contribution in [-0.4, -0.2) is 16.0 Å². The molecule has 33 heavy (non-hydrogen) atoms. The van der Waals surface area contributed by atoms with Gasteiger partial charge in [-0.25, -0.2) is 4.98 Å². The number of nitrogens with one attached hydrogen (secondary N) is 2. The molecule has 1 amide bonds. The number of rotatable bonds is 5. The van der Waals surface area contributed by atoms with Gasteiger partial charge in [0.25, 0.3) is 5.91 Å². The Hall–Kier alpha value is -3.51. The Balaban J connectivity index is 1.49. The normalized spacial score (nSPS) is 11.9. The molecule has 1 heterocycles. The Labute approximate surface area is 199 Å². The maximum absolute atomic E-state index is 12.6. The molecule has 1 aromatic heterocycles. The Kier molecular flexibility index (Phi) is 6.56. The van der Waals surface area contributed by atoms with Crippen LogP contribution in [0.25, 0.3) is 22.6 Å². The van der Waals surface area contributed by atoms with Crippen molar-refractivity contribution in [1.29, 1.82) is 0 Å². The molecular weight excluding hydrogens is 430 g/mol. The van der Waals surface area contributed by atoms with E-state index in [0.717, 1.165) is 39.9 Å². The SMILES string of the molecule is CC[C@@H](C)c1ccc2oc(-c3cccc(NC(=S)NC(=O)c4ccc(C)cc4C)c3)nc2c1. The van der Waals surface area contributed by atoms with Crippen molar-refractivity contribution in [3.05, 3.63) is 82.9 Å². The molecule has 5 nitrogen and oxygen atoms in total. The number of nitrogens with zero attached hydrogens (tertiary/aromatic N) is 1. The fourth-order valence-electron chi connectivity index (χ4n) is 3.74. The van der Waals surface area contributed by atoms with Crippen LogP contribution in [0.15, 0.2) is 65.1 Å². The van der Waals surface area contributed by atoms with Gasteiger partial charge in [-0.15, -0.1) is 0 Å². The Morgan fingerprint density at radius 1 is 1.09 bits per heavy atom. The van der Waals surface area contributed by atoms with Gasteiger partial charge in [-0.1, -0.05) is 43.7 Å². The molecule has 0 unspecified atom stereocenters. The number of benzene rings is 3. The van der Waals surface area contributed by atoms with Crippen LogP contribution in [-0.2, 0) is 0 Å². The number of oxazole rings is 1. The second-order valence-corrected chi connectivity index (χ2v) is 8.77. The summed E-state index contributed by atoms with van der Waals surface area (Å²) in [7, 11) is 0. The van der Waals surface area contributed by atoms with Crippen LogP contribution in [0.1, 0.15) is 53.2 Å². The predicted octanol–water partition coefficient (Wildman–Crippen LogP) is 6.75. The minimum Gasteiger partial charge on any atom is -0.436 e. The number of hydrogen-bond acceptors (Lipinski definition) is 4. The molecule has 0 saturated heterocycles. The van der Waals surface area contributed by atoms with Gasteiger partial charge in [0.05, 0.1) is 0 Å². The molecule has 0 aliphatic carbocycles. The van der Waals surface area contributed by atoms with Gasteiger partial charge < -0.3 is 9.73 Å². The number of carbonyl (C=O) groups is 1. The quantitative estimate of drug-likeness (QED) is 0.324. The molecule has 0 radical (unpaired) electrons. The van der Waals surface area contributed by atoms with Crippen molar-refractivity contribution < 1.29 is 9.21 Å². The lowest BCUT2D eigenvalue weighted by Crippen LogP contribution is -2.34. The van der Waals surface area contributed by atoms with Crippen molar-refractivity contribution >= 4 is 40.0 Å². The molecule has 6 heteroatoms. The fraction of sp³-hybridized carbons (Fsp3) is 0.222. The second kappa shape index (κ2) is 9.55. The van der Waals surface area contributed by atoms with Crippen molar-refractivity contribution in [2.24, 2.45) is 0 Å². The first-order chi connectivity index (χ1) is 15.8. The van der Waals surface area contributed by atoms with E-state index in [9.17, 15) is 4.79 Å². The van der Waals surface area contributed by atoms with Crippen LogP contribution in [0.2, 0.25) is 0 Å². The van der Waals surface area contributed by atoms with Crippen LogP contribution >= 0.6 is 12.2 Å². The molecule has 0 saturated carbocycles. The molecule has 0 fully saturated rings. The molecule has 4 aromatic rings. The number of carbonyl (C=O) groups excluding carboxylic acids is 1. The highest BCUT2D eigenvalue weighted by molar-refractivity contribution is 7.80. The summed E-state index contributed by atoms with van der Waals surface area (Å²) in [6.45, 7) is 8.29. The maximum Gasteiger partial charge on any atom is 0.257 e. The minimum absolute atomic E-state index is 0.230. The van der Waals surface area contributed by atoms with Crippen molar-refractivity contribution in [2.75, 3.05) is 5.32 Å². The lowest BCUT2D eigenvalue weighted by molar-refractivity contribution is 0.0977. The molecular formula is C27H27N3O2S. The van der Waals surface area contributed by atoms with Gasteiger partial charge in [-0.05, 0) is 85.9 Å². The van der Waals surface area contributed by atoms with Crippen molar-refractivity contribution in [2.45, 2.75) is 40.0 Å². The molecule has 0 aliphatic heterocycles. The number of aryl methyl sites for hydroxylation is 2. The molecule has 168 valence electrons. The van der Waals surface area contributed by atoms with Gasteiger partial charge >= 0.3 is 0 Å². The van der Waals surface area contributed by atoms with E-state index in [1.165, 1.54) is 5.56 Å². The second-order valence-electron chi connectivity index (χ2n) is 8.36. The smallest absolute Gasteiger partial charge is 0.257 e. The summed E-state index contributed by atoms with van der Waals surface area (Å²) >= 11 is 5.36. The Morgan fingerprint density at radius 2 is 1.91 bits per heavy atom. The third-order valence-corrected chi connectivity index (χ3v) is 6.02. The average molecular weight is 458 g/mol. The number of fused-ring (bicyclic) bond motifs is 1. The van der Waals surface area contributed by atoms with Gasteiger partial charge in [0, 0.05) is 16.8 Å². The summed E-state index contributed by atoms with van der Waals surface area (Å²) in [5.74, 6) is 0.777. The van der Waals surface area contributed by atoms with E-state index in [2.05, 4.69) is 41.6 Å². The van der Waals surface area contributed by atoms with E-state index in [-0.39, 0.29) is 11.0 Å². The highest BCUT2D eigenvalue weighted by atomic mass is 32.1. The Morgan fingerprint density at radius 3 is 2.67 bits per heavy atom. The highest BCUT2D eigenvalue weighted by Gasteiger charge is 2.13. The zero-order chi connectivity index (χ0) is 23.5. The predicted molar refractivity (Wildman–Crippen MR) is 138 cm³/mol. The largest absolute Gasteiger partial charge is 0.436 e. The first-order valence-corrected chi connectivity index (χ1v) is 11.5. The summed E-state index contributed by atoms with van der Waals surface area (Å²) < 4.78 is 5.99. The third-order valence-electron chi connectivity index (χ3n) is 5.81. The van der Waals surface area contributed by atoms with E-state index in [4.69, 9.17) is 16.6 Å². The van der Waals surface area contributed by atoms with Gasteiger partial charge in [0.2, 0.25) is 5.89 Å². The topological polar surface area (TPSA) is 67.2 Å². The van der Waals surface area contributed by atoms with Crippen LogP contribution in [0, 0.1) is 13.8 Å². The van der Waals surface area contributed by atoms with Crippen molar-refractivity contribution in [3.63, 3.8) is 0 Å². The first-order valence-electron chi connectivity index (χ1n) is 11.0. The maximum atomic E-state index is 12.6. The lowest BCUT2D eigenvalue weighted by atomic mass is 9.98. The monoisotopic (exact) mass is 457 g/mol. The lowest BCUT2D eigenvalue weighted by Gasteiger charge is -2.11. The molecule has 4 rings (SSSR count). The zero-order valence-electron chi connectivity index (χ0n) is 19.2. The minimum atomic E-state index is -0.239. The molecule has 0 bridgehead atoms. The fourth-order valence-corrected chi connectivity index (χ4v) is 3.95. The summed E-state index contributed by atoms with van der Waals surface area (Å²) in [6, 6.07) is 19.5. The molecule has 0 spiro atoms. The number of hydrogen-bond donors (Lipinski definition) is 2. The standard InChI is InChI=1S/C27H27N3O2S/c1-5-17(3)19-10-12-24-23(15-19)29-26(32-24)20-7-6-8-21(14-20)28-27(33)30-25(31)22-11-9-16(2)13-18(22)4/h6-15,17H,5H2,1-4H3,(H2,28,30,31,33)/t17-/m1/s1. The number of aromatic nitrogens is 1. The van der Waals surface area contributed by atoms with E-state index in [1.54, 1.807) is 0 Å². The summed E-state index contributed by atoms with van der Waals surface area (Å²) in [5.41, 5.74) is 7.03. The van der Waals surface area contributed by atoms with Gasteiger partial charge in [0.1, 0.15) is 5.52 Å². The van der Waals surface area contributed by atoms with Gasteiger partial charge in [0.15, 0.2) is 10.7 Å². The molecule has 3 aromatic carbocycles. The third kappa shape index (κ3) is 5.12. The van der Waals surface area contributed by atoms with Crippen LogP contribution < -0.4 is 10.6 Å². The molecule has 2 N–H and O–H groups in total. The van der Waals surface area contributed by atoms with E-state index < -0.39 is 0 Å². The van der Waals surface area contributed by atoms with Crippen LogP contribution in [0.5, 0.6) is 0 Å². The zero-order valence-corrected chi connectivity index (χ0v) is 20.0. The number of anilines is 1. The average Bonchev–Trinajstić information content (AvgIpc) is 3.22. The van der Waals surface area contributed by atoms with Gasteiger partial charge in [-0.3, -0.25) is 10.1 Å². The summed E-state index contributed by atoms with van der Waals surface area (Å²) in [5, 5.41) is 6.06. The van der Waals surface area contributed by atoms with Gasteiger partial charge in [-0.2, -0.15) is 0 Å². The summed E-state index contributed by atoms with van der Waals surface area (Å²) in [6.07, 6.45) is 1.07. The first kappa shape index (κ1) is 22.7. The molecule has 0 aliphatic rings. The van der Waals surface area contributed by atoms with E-state index in [0.29, 0.717) is 17.4 Å². The van der Waals surface area contributed by atoms with E-state index in [1.807, 2.05) is 62.4 Å². The van der Waals surface area contributed by atoms with Crippen molar-refractivity contribution in [1.82, 2.24) is 10.3 Å². The Bertz CT molecular complexity index is 1340. The van der Waals surface area contributed by atoms with Crippen molar-refractivity contribution in [3.8, 4) is 11.5 Å². The summed E-state index contributed by atoms with van der Waals surface area (Å²) in [4.78, 5) is 17.3. The van der Waals surface area contributed by atoms with E-state index >= 15 is 0 Å². The van der Waals surface area contributed by atoms with Crippen LogP contribution in [0.4, 0.5) is 5.69 Å². The van der Waals surface area contributed by atoms with Crippen LogP contribution in [0.3, 0.4) is 0 Å². The number of thiocarbonyl (C=S) groups is 1.